The third kappa shape index (κ3) is 7.62. The molecule has 4 nitrogen and oxygen atoms in total. The molecule has 2 heterocycles. The summed E-state index contributed by atoms with van der Waals surface area (Å²) in [6, 6.07) is 16.5. The lowest BCUT2D eigenvalue weighted by molar-refractivity contribution is 0.104. The summed E-state index contributed by atoms with van der Waals surface area (Å²) < 4.78 is 5.54. The fourth-order valence-corrected chi connectivity index (χ4v) is 2.62. The van der Waals surface area contributed by atoms with E-state index in [1.54, 1.807) is 24.3 Å². The lowest BCUT2D eigenvalue weighted by Gasteiger charge is -2.05. The minimum absolute atomic E-state index is 0.181. The highest BCUT2D eigenvalue weighted by Crippen LogP contribution is 2.18. The number of nitrogens with zero attached hydrogens (tertiary/aromatic N) is 2. The second-order valence-electron chi connectivity index (χ2n) is 5.26. The standard InChI is InChI=1S/C13H11Cl2NO.C6H5Cl2NO/c14-11-6-7-13(15)16-12(11)9-17-8-10-4-2-1-3-5-10;7-4-1-2-6(8)9-5(4)3-10/h1-7H,8-9H2;1-2,10H,3H2. The topological polar surface area (TPSA) is 55.2 Å². The summed E-state index contributed by atoms with van der Waals surface area (Å²) in [7, 11) is 0. The predicted octanol–water partition coefficient (Wildman–Crippen LogP) is 5.99. The Bertz CT molecular complexity index is 864. The first-order chi connectivity index (χ1) is 13.0. The van der Waals surface area contributed by atoms with Crippen molar-refractivity contribution in [2.75, 3.05) is 0 Å². The molecule has 0 saturated carbocycles. The van der Waals surface area contributed by atoms with Gasteiger partial charge in [0.15, 0.2) is 0 Å². The van der Waals surface area contributed by atoms with Gasteiger partial charge in [-0.3, -0.25) is 0 Å². The number of hydrogen-bond acceptors (Lipinski definition) is 4. The zero-order chi connectivity index (χ0) is 19.6. The number of halogens is 4. The van der Waals surface area contributed by atoms with Crippen LogP contribution in [0.5, 0.6) is 0 Å². The first-order valence-corrected chi connectivity index (χ1v) is 9.35. The van der Waals surface area contributed by atoms with Crippen LogP contribution in [0, 0.1) is 0 Å². The van der Waals surface area contributed by atoms with Crippen molar-refractivity contribution in [1.29, 1.82) is 0 Å². The fraction of sp³-hybridized carbons (Fsp3) is 0.158. The molecular weight excluding hydrogens is 430 g/mol. The quantitative estimate of drug-likeness (QED) is 0.490. The Morgan fingerprint density at radius 2 is 1.26 bits per heavy atom. The molecule has 0 radical (unpaired) electrons. The van der Waals surface area contributed by atoms with Crippen LogP contribution < -0.4 is 0 Å². The van der Waals surface area contributed by atoms with E-state index in [1.165, 1.54) is 0 Å². The van der Waals surface area contributed by atoms with E-state index < -0.39 is 0 Å². The largest absolute Gasteiger partial charge is 0.390 e. The van der Waals surface area contributed by atoms with Gasteiger partial charge in [-0.1, -0.05) is 76.7 Å². The summed E-state index contributed by atoms with van der Waals surface area (Å²) in [5, 5.41) is 10.4. The van der Waals surface area contributed by atoms with Crippen molar-refractivity contribution in [2.24, 2.45) is 0 Å². The van der Waals surface area contributed by atoms with Crippen LogP contribution in [0.2, 0.25) is 20.4 Å². The number of aliphatic hydroxyl groups is 1. The number of hydrogen-bond donors (Lipinski definition) is 1. The van der Waals surface area contributed by atoms with Crippen LogP contribution in [-0.2, 0) is 24.6 Å². The summed E-state index contributed by atoms with van der Waals surface area (Å²) in [6.07, 6.45) is 0. The maximum Gasteiger partial charge on any atom is 0.129 e. The monoisotopic (exact) mass is 444 g/mol. The van der Waals surface area contributed by atoms with Crippen molar-refractivity contribution >= 4 is 46.4 Å². The van der Waals surface area contributed by atoms with Crippen LogP contribution in [0.4, 0.5) is 0 Å². The second kappa shape index (κ2) is 11.4. The number of aliphatic hydroxyl groups excluding tert-OH is 1. The van der Waals surface area contributed by atoms with E-state index in [1.807, 2.05) is 30.3 Å². The highest BCUT2D eigenvalue weighted by Gasteiger charge is 2.03. The van der Waals surface area contributed by atoms with E-state index in [0.717, 1.165) is 5.56 Å². The molecule has 0 fully saturated rings. The summed E-state index contributed by atoms with van der Waals surface area (Å²) >= 11 is 22.9. The second-order valence-corrected chi connectivity index (χ2v) is 6.85. The summed E-state index contributed by atoms with van der Waals surface area (Å²) in [4.78, 5) is 7.89. The van der Waals surface area contributed by atoms with E-state index in [4.69, 9.17) is 56.2 Å². The molecule has 0 atom stereocenters. The minimum atomic E-state index is -0.181. The molecule has 0 saturated heterocycles. The average Bonchev–Trinajstić information content (AvgIpc) is 2.68. The minimum Gasteiger partial charge on any atom is -0.390 e. The number of ether oxygens (including phenoxy) is 1. The zero-order valence-corrected chi connectivity index (χ0v) is 17.1. The van der Waals surface area contributed by atoms with Gasteiger partial charge in [0.25, 0.3) is 0 Å². The van der Waals surface area contributed by atoms with Crippen LogP contribution in [-0.4, -0.2) is 15.1 Å². The van der Waals surface area contributed by atoms with Gasteiger partial charge in [0.05, 0.1) is 41.3 Å². The Kier molecular flexibility index (Phi) is 9.28. The third-order valence-electron chi connectivity index (χ3n) is 3.27. The number of aromatic nitrogens is 2. The van der Waals surface area contributed by atoms with E-state index in [2.05, 4.69) is 9.97 Å². The van der Waals surface area contributed by atoms with Crippen LogP contribution in [0.15, 0.2) is 54.6 Å². The first-order valence-electron chi connectivity index (χ1n) is 7.84. The number of rotatable bonds is 5. The molecule has 0 aliphatic carbocycles. The number of pyridine rings is 2. The SMILES string of the molecule is Clc1ccc(Cl)c(COCc2ccccc2)n1.OCc1nc(Cl)ccc1Cl. The molecule has 0 aliphatic heterocycles. The molecule has 1 aromatic carbocycles. The zero-order valence-electron chi connectivity index (χ0n) is 14.1. The molecule has 142 valence electrons. The molecule has 27 heavy (non-hydrogen) atoms. The molecule has 8 heteroatoms. The molecular formula is C19H16Cl4N2O2. The van der Waals surface area contributed by atoms with Crippen molar-refractivity contribution in [3.8, 4) is 0 Å². The van der Waals surface area contributed by atoms with Crippen LogP contribution in [0.1, 0.15) is 17.0 Å². The van der Waals surface area contributed by atoms with Crippen LogP contribution in [0.3, 0.4) is 0 Å². The van der Waals surface area contributed by atoms with Gasteiger partial charge in [0.1, 0.15) is 10.3 Å². The van der Waals surface area contributed by atoms with Crippen molar-refractivity contribution in [2.45, 2.75) is 19.8 Å². The molecule has 1 N–H and O–H groups in total. The Labute approximate surface area is 177 Å². The fourth-order valence-electron chi connectivity index (χ4n) is 1.97. The van der Waals surface area contributed by atoms with Gasteiger partial charge in [-0.15, -0.1) is 0 Å². The maximum absolute atomic E-state index is 8.64. The molecule has 0 aliphatic rings. The Morgan fingerprint density at radius 1 is 0.704 bits per heavy atom. The van der Waals surface area contributed by atoms with E-state index in [0.29, 0.717) is 45.0 Å². The van der Waals surface area contributed by atoms with Gasteiger partial charge >= 0.3 is 0 Å². The molecule has 0 spiro atoms. The van der Waals surface area contributed by atoms with Crippen molar-refractivity contribution < 1.29 is 9.84 Å². The highest BCUT2D eigenvalue weighted by molar-refractivity contribution is 6.33. The molecule has 2 aromatic heterocycles. The molecule has 0 bridgehead atoms. The van der Waals surface area contributed by atoms with Crippen LogP contribution >= 0.6 is 46.4 Å². The van der Waals surface area contributed by atoms with Crippen LogP contribution in [0.25, 0.3) is 0 Å². The Morgan fingerprint density at radius 3 is 1.81 bits per heavy atom. The lowest BCUT2D eigenvalue weighted by Crippen LogP contribution is -1.97. The van der Waals surface area contributed by atoms with Crippen molar-refractivity contribution in [1.82, 2.24) is 9.97 Å². The molecule has 0 amide bonds. The molecule has 0 unspecified atom stereocenters. The normalized spacial score (nSPS) is 10.3. The average molecular weight is 446 g/mol. The van der Waals surface area contributed by atoms with E-state index >= 15 is 0 Å². The smallest absolute Gasteiger partial charge is 0.129 e. The summed E-state index contributed by atoms with van der Waals surface area (Å²) in [5.74, 6) is 0. The number of benzene rings is 1. The van der Waals surface area contributed by atoms with Gasteiger partial charge in [-0.2, -0.15) is 0 Å². The van der Waals surface area contributed by atoms with E-state index in [-0.39, 0.29) is 6.61 Å². The van der Waals surface area contributed by atoms with Gasteiger partial charge in [0, 0.05) is 0 Å². The maximum atomic E-state index is 8.64. The van der Waals surface area contributed by atoms with Crippen molar-refractivity contribution in [3.05, 3.63) is 91.9 Å². The summed E-state index contributed by atoms with van der Waals surface area (Å²) in [5.41, 5.74) is 2.19. The third-order valence-corrected chi connectivity index (χ3v) is 4.38. The van der Waals surface area contributed by atoms with Gasteiger partial charge in [0.2, 0.25) is 0 Å². The Balaban J connectivity index is 0.000000223. The van der Waals surface area contributed by atoms with Gasteiger partial charge < -0.3 is 9.84 Å². The highest BCUT2D eigenvalue weighted by atomic mass is 35.5. The molecule has 3 rings (SSSR count). The van der Waals surface area contributed by atoms with Gasteiger partial charge in [-0.05, 0) is 29.8 Å². The van der Waals surface area contributed by atoms with E-state index in [9.17, 15) is 0 Å². The lowest BCUT2D eigenvalue weighted by atomic mass is 10.2. The predicted molar refractivity (Wildman–Crippen MR) is 109 cm³/mol. The summed E-state index contributed by atoms with van der Waals surface area (Å²) in [6.45, 7) is 0.707. The van der Waals surface area contributed by atoms with Gasteiger partial charge in [-0.25, -0.2) is 9.97 Å². The Hall–Kier alpha value is -1.40. The van der Waals surface area contributed by atoms with Crippen molar-refractivity contribution in [3.63, 3.8) is 0 Å². The molecule has 3 aromatic rings. The first kappa shape index (κ1) is 21.9.